The molecule has 0 aromatic heterocycles. The highest BCUT2D eigenvalue weighted by molar-refractivity contribution is 5.76. The summed E-state index contributed by atoms with van der Waals surface area (Å²) in [7, 11) is 0. The minimum atomic E-state index is -4.36. The molecule has 1 atom stereocenters. The van der Waals surface area contributed by atoms with Gasteiger partial charge >= 0.3 is 6.18 Å². The van der Waals surface area contributed by atoms with E-state index in [1.54, 1.807) is 0 Å². The number of carbonyl (C=O) groups excluding carboxylic acids is 1. The van der Waals surface area contributed by atoms with Crippen LogP contribution in [0.2, 0.25) is 0 Å². The van der Waals surface area contributed by atoms with Crippen LogP contribution in [0.25, 0.3) is 0 Å². The van der Waals surface area contributed by atoms with Gasteiger partial charge in [-0.25, -0.2) is 0 Å². The topological polar surface area (TPSA) is 32.3 Å². The Morgan fingerprint density at radius 1 is 1.29 bits per heavy atom. The van der Waals surface area contributed by atoms with E-state index in [-0.39, 0.29) is 13.0 Å². The highest BCUT2D eigenvalue weighted by Gasteiger charge is 2.33. The quantitative estimate of drug-likeness (QED) is 0.824. The standard InChI is InChI=1S/C18H25F3N2O/c1-14-2-4-15(5-3-14)9-11-23(13-18(19,20)21)17(24)7-6-16-8-10-22-12-16/h2-5,16,22H,6-13H2,1H3. The summed E-state index contributed by atoms with van der Waals surface area (Å²) in [5, 5.41) is 3.21. The molecule has 0 spiro atoms. The van der Waals surface area contributed by atoms with Crippen LogP contribution in [0.1, 0.15) is 30.4 Å². The number of carbonyl (C=O) groups is 1. The molecule has 1 heterocycles. The predicted octanol–water partition coefficient (Wildman–Crippen LogP) is 3.32. The van der Waals surface area contributed by atoms with Crippen molar-refractivity contribution in [3.8, 4) is 0 Å². The zero-order chi connectivity index (χ0) is 17.6. The number of hydrogen-bond donors (Lipinski definition) is 1. The molecule has 24 heavy (non-hydrogen) atoms. The average molecular weight is 342 g/mol. The summed E-state index contributed by atoms with van der Waals surface area (Å²) < 4.78 is 38.3. The average Bonchev–Trinajstić information content (AvgIpc) is 3.03. The molecule has 1 aromatic rings. The normalized spacial score (nSPS) is 17.9. The SMILES string of the molecule is Cc1ccc(CCN(CC(F)(F)F)C(=O)CCC2CCNC2)cc1. The van der Waals surface area contributed by atoms with E-state index in [1.807, 2.05) is 31.2 Å². The Bertz CT molecular complexity index is 522. The number of amides is 1. The summed E-state index contributed by atoms with van der Waals surface area (Å²) in [6.07, 6.45) is -2.08. The number of nitrogens with zero attached hydrogens (tertiary/aromatic N) is 1. The first-order valence-electron chi connectivity index (χ1n) is 8.44. The van der Waals surface area contributed by atoms with E-state index in [9.17, 15) is 18.0 Å². The van der Waals surface area contributed by atoms with Crippen LogP contribution in [0.15, 0.2) is 24.3 Å². The summed E-state index contributed by atoms with van der Waals surface area (Å²) in [6, 6.07) is 7.66. The van der Waals surface area contributed by atoms with Crippen molar-refractivity contribution in [3.63, 3.8) is 0 Å². The van der Waals surface area contributed by atoms with Gasteiger partial charge in [-0.1, -0.05) is 29.8 Å². The Labute approximate surface area is 141 Å². The maximum Gasteiger partial charge on any atom is 0.406 e. The third kappa shape index (κ3) is 6.51. The van der Waals surface area contributed by atoms with Gasteiger partial charge in [-0.2, -0.15) is 13.2 Å². The van der Waals surface area contributed by atoms with Gasteiger partial charge in [0, 0.05) is 13.0 Å². The number of aryl methyl sites for hydroxylation is 1. The van der Waals surface area contributed by atoms with Crippen molar-refractivity contribution < 1.29 is 18.0 Å². The van der Waals surface area contributed by atoms with Gasteiger partial charge < -0.3 is 10.2 Å². The van der Waals surface area contributed by atoms with Crippen LogP contribution < -0.4 is 5.32 Å². The first-order chi connectivity index (χ1) is 11.3. The van der Waals surface area contributed by atoms with E-state index in [0.29, 0.717) is 18.8 Å². The molecule has 3 nitrogen and oxygen atoms in total. The zero-order valence-corrected chi connectivity index (χ0v) is 14.0. The smallest absolute Gasteiger partial charge is 0.333 e. The first-order valence-corrected chi connectivity index (χ1v) is 8.44. The van der Waals surface area contributed by atoms with E-state index in [4.69, 9.17) is 0 Å². The van der Waals surface area contributed by atoms with Crippen LogP contribution in [-0.4, -0.2) is 43.2 Å². The molecule has 1 amide bonds. The fraction of sp³-hybridized carbons (Fsp3) is 0.611. The van der Waals surface area contributed by atoms with E-state index in [0.717, 1.165) is 35.5 Å². The van der Waals surface area contributed by atoms with Gasteiger partial charge in [-0.3, -0.25) is 4.79 Å². The molecule has 0 bridgehead atoms. The van der Waals surface area contributed by atoms with E-state index >= 15 is 0 Å². The van der Waals surface area contributed by atoms with Crippen LogP contribution in [-0.2, 0) is 11.2 Å². The summed E-state index contributed by atoms with van der Waals surface area (Å²) in [6.45, 7) is 2.68. The molecule has 1 saturated heterocycles. The second-order valence-corrected chi connectivity index (χ2v) is 6.56. The zero-order valence-electron chi connectivity index (χ0n) is 14.0. The summed E-state index contributed by atoms with van der Waals surface area (Å²) in [5.74, 6) is 0.00474. The summed E-state index contributed by atoms with van der Waals surface area (Å²) >= 11 is 0. The van der Waals surface area contributed by atoms with Crippen molar-refractivity contribution in [1.82, 2.24) is 10.2 Å². The maximum atomic E-state index is 12.8. The third-order valence-electron chi connectivity index (χ3n) is 4.44. The highest BCUT2D eigenvalue weighted by Crippen LogP contribution is 2.20. The number of halogens is 3. The minimum Gasteiger partial charge on any atom is -0.333 e. The largest absolute Gasteiger partial charge is 0.406 e. The minimum absolute atomic E-state index is 0.102. The second-order valence-electron chi connectivity index (χ2n) is 6.56. The van der Waals surface area contributed by atoms with Crippen molar-refractivity contribution in [3.05, 3.63) is 35.4 Å². The van der Waals surface area contributed by atoms with Crippen LogP contribution >= 0.6 is 0 Å². The van der Waals surface area contributed by atoms with Gasteiger partial charge in [0.05, 0.1) is 0 Å². The Kier molecular flexibility index (Phi) is 6.66. The maximum absolute atomic E-state index is 12.8. The molecule has 6 heteroatoms. The van der Waals surface area contributed by atoms with Crippen LogP contribution in [0, 0.1) is 12.8 Å². The third-order valence-corrected chi connectivity index (χ3v) is 4.44. The Hall–Kier alpha value is -1.56. The lowest BCUT2D eigenvalue weighted by Crippen LogP contribution is -2.40. The molecule has 1 N–H and O–H groups in total. The number of hydrogen-bond acceptors (Lipinski definition) is 2. The molecule has 1 unspecified atom stereocenters. The number of alkyl halides is 3. The lowest BCUT2D eigenvalue weighted by atomic mass is 10.0. The Morgan fingerprint density at radius 2 is 2.00 bits per heavy atom. The fourth-order valence-corrected chi connectivity index (χ4v) is 2.97. The molecule has 134 valence electrons. The number of benzene rings is 1. The van der Waals surface area contributed by atoms with E-state index in [1.165, 1.54) is 0 Å². The summed E-state index contributed by atoms with van der Waals surface area (Å²) in [5.41, 5.74) is 2.05. The van der Waals surface area contributed by atoms with Crippen LogP contribution in [0.5, 0.6) is 0 Å². The van der Waals surface area contributed by atoms with Gasteiger partial charge in [-0.15, -0.1) is 0 Å². The molecule has 1 aliphatic rings. The Balaban J connectivity index is 1.89. The molecule has 0 saturated carbocycles. The molecule has 1 fully saturated rings. The fourth-order valence-electron chi connectivity index (χ4n) is 2.97. The van der Waals surface area contributed by atoms with Crippen molar-refractivity contribution in [2.45, 2.75) is 38.8 Å². The second kappa shape index (κ2) is 8.51. The molecule has 0 radical (unpaired) electrons. The van der Waals surface area contributed by atoms with Crippen molar-refractivity contribution >= 4 is 5.91 Å². The monoisotopic (exact) mass is 342 g/mol. The van der Waals surface area contributed by atoms with Crippen molar-refractivity contribution in [2.24, 2.45) is 5.92 Å². The summed E-state index contributed by atoms with van der Waals surface area (Å²) in [4.78, 5) is 13.2. The molecule has 0 aliphatic carbocycles. The number of rotatable bonds is 7. The van der Waals surface area contributed by atoms with Crippen LogP contribution in [0.3, 0.4) is 0 Å². The Morgan fingerprint density at radius 3 is 2.58 bits per heavy atom. The predicted molar refractivity (Wildman–Crippen MR) is 87.7 cm³/mol. The van der Waals surface area contributed by atoms with Gasteiger partial charge in [0.25, 0.3) is 0 Å². The molecule has 1 aliphatic heterocycles. The van der Waals surface area contributed by atoms with Gasteiger partial charge in [0.2, 0.25) is 5.91 Å². The molecule has 1 aromatic carbocycles. The van der Waals surface area contributed by atoms with E-state index in [2.05, 4.69) is 5.32 Å². The molecular weight excluding hydrogens is 317 g/mol. The number of nitrogens with one attached hydrogen (secondary N) is 1. The van der Waals surface area contributed by atoms with E-state index < -0.39 is 18.6 Å². The molecule has 2 rings (SSSR count). The highest BCUT2D eigenvalue weighted by atomic mass is 19.4. The van der Waals surface area contributed by atoms with Gasteiger partial charge in [-0.05, 0) is 50.8 Å². The first kappa shape index (κ1) is 18.8. The van der Waals surface area contributed by atoms with Crippen molar-refractivity contribution in [1.29, 1.82) is 0 Å². The molecular formula is C18H25F3N2O. The lowest BCUT2D eigenvalue weighted by Gasteiger charge is -2.24. The van der Waals surface area contributed by atoms with Gasteiger partial charge in [0.15, 0.2) is 0 Å². The van der Waals surface area contributed by atoms with Gasteiger partial charge in [0.1, 0.15) is 6.54 Å². The van der Waals surface area contributed by atoms with Crippen molar-refractivity contribution in [2.75, 3.05) is 26.2 Å². The van der Waals surface area contributed by atoms with Crippen LogP contribution in [0.4, 0.5) is 13.2 Å². The lowest BCUT2D eigenvalue weighted by molar-refractivity contribution is -0.161.